The molecule has 0 spiro atoms. The molecule has 1 aliphatic heterocycles. The number of nitrogens with zero attached hydrogens (tertiary/aromatic N) is 3. The van der Waals surface area contributed by atoms with Crippen LogP contribution < -0.4 is 15.2 Å². The van der Waals surface area contributed by atoms with Crippen LogP contribution in [-0.2, 0) is 16.2 Å². The first-order valence-electron chi connectivity index (χ1n) is 9.90. The van der Waals surface area contributed by atoms with E-state index in [2.05, 4.69) is 5.43 Å². The number of para-hydroxylation sites is 1. The van der Waals surface area contributed by atoms with E-state index in [-0.39, 0.29) is 34.9 Å². The zero-order chi connectivity index (χ0) is 24.2. The van der Waals surface area contributed by atoms with E-state index >= 15 is 0 Å². The summed E-state index contributed by atoms with van der Waals surface area (Å²) in [5.41, 5.74) is 2.96. The van der Waals surface area contributed by atoms with Crippen molar-refractivity contribution in [3.8, 4) is 5.75 Å². The second kappa shape index (κ2) is 9.20. The Bertz CT molecular complexity index is 1340. The maximum absolute atomic E-state index is 12.7. The van der Waals surface area contributed by atoms with Crippen LogP contribution in [0.2, 0.25) is 0 Å². The largest absolute Gasteiger partial charge is 0.482 e. The molecule has 0 atom stereocenters. The van der Waals surface area contributed by atoms with Crippen molar-refractivity contribution in [2.45, 2.75) is 6.61 Å². The Morgan fingerprint density at radius 1 is 0.912 bits per heavy atom. The topological polar surface area (TPSA) is 145 Å². The fourth-order valence-corrected chi connectivity index (χ4v) is 3.29. The first kappa shape index (κ1) is 22.1. The molecule has 1 heterocycles. The van der Waals surface area contributed by atoms with Gasteiger partial charge in [0.25, 0.3) is 17.5 Å². The Labute approximate surface area is 192 Å². The molecule has 0 aromatic heterocycles. The number of hydrogen-bond donors (Lipinski definition) is 1. The van der Waals surface area contributed by atoms with Crippen LogP contribution in [0.1, 0.15) is 11.1 Å². The van der Waals surface area contributed by atoms with Crippen LogP contribution in [0.4, 0.5) is 17.1 Å². The van der Waals surface area contributed by atoms with E-state index in [0.717, 1.165) is 5.01 Å². The molecule has 0 bridgehead atoms. The van der Waals surface area contributed by atoms with Crippen molar-refractivity contribution in [1.82, 2.24) is 5.43 Å². The van der Waals surface area contributed by atoms with E-state index in [9.17, 15) is 29.8 Å². The second-order valence-corrected chi connectivity index (χ2v) is 7.18. The van der Waals surface area contributed by atoms with Gasteiger partial charge >= 0.3 is 5.69 Å². The number of hydrazine groups is 1. The molecule has 3 aromatic rings. The second-order valence-electron chi connectivity index (χ2n) is 7.18. The molecule has 170 valence electrons. The number of nitro benzene ring substituents is 2. The predicted molar refractivity (Wildman–Crippen MR) is 121 cm³/mol. The van der Waals surface area contributed by atoms with E-state index < -0.39 is 21.7 Å². The van der Waals surface area contributed by atoms with E-state index in [1.54, 1.807) is 36.4 Å². The smallest absolute Gasteiger partial charge is 0.311 e. The van der Waals surface area contributed by atoms with Crippen molar-refractivity contribution >= 4 is 35.0 Å². The minimum atomic E-state index is -0.655. The number of ether oxygens (including phenoxy) is 1. The number of nitrogens with one attached hydrogen (secondary N) is 1. The van der Waals surface area contributed by atoms with Gasteiger partial charge in [-0.05, 0) is 35.4 Å². The Balaban J connectivity index is 1.57. The van der Waals surface area contributed by atoms with Gasteiger partial charge in [-0.2, -0.15) is 0 Å². The van der Waals surface area contributed by atoms with Gasteiger partial charge in [0.1, 0.15) is 12.2 Å². The molecule has 11 heteroatoms. The minimum absolute atomic E-state index is 0.0632. The van der Waals surface area contributed by atoms with E-state index in [4.69, 9.17) is 4.74 Å². The van der Waals surface area contributed by atoms with Crippen molar-refractivity contribution in [3.05, 3.63) is 110 Å². The van der Waals surface area contributed by atoms with E-state index in [0.29, 0.717) is 11.3 Å². The van der Waals surface area contributed by atoms with E-state index in [1.807, 2.05) is 0 Å². The maximum Gasteiger partial charge on any atom is 0.311 e. The molecule has 0 saturated carbocycles. The summed E-state index contributed by atoms with van der Waals surface area (Å²) in [4.78, 5) is 46.4. The number of rotatable bonds is 7. The quantitative estimate of drug-likeness (QED) is 0.246. The Morgan fingerprint density at radius 2 is 1.68 bits per heavy atom. The van der Waals surface area contributed by atoms with Gasteiger partial charge in [0.15, 0.2) is 5.75 Å². The van der Waals surface area contributed by atoms with Crippen LogP contribution in [-0.4, -0.2) is 21.7 Å². The summed E-state index contributed by atoms with van der Waals surface area (Å²) in [6.45, 7) is -0.129. The fraction of sp³-hybridized carbons (Fsp3) is 0.0435. The molecule has 4 rings (SSSR count). The van der Waals surface area contributed by atoms with Gasteiger partial charge in [-0.3, -0.25) is 35.2 Å². The van der Waals surface area contributed by atoms with Crippen LogP contribution in [0, 0.1) is 20.2 Å². The van der Waals surface area contributed by atoms with Crippen LogP contribution >= 0.6 is 0 Å². The number of amides is 2. The monoisotopic (exact) mass is 460 g/mol. The van der Waals surface area contributed by atoms with Crippen molar-refractivity contribution in [3.63, 3.8) is 0 Å². The van der Waals surface area contributed by atoms with Gasteiger partial charge in [0, 0.05) is 18.2 Å². The summed E-state index contributed by atoms with van der Waals surface area (Å²) < 4.78 is 5.52. The molecule has 3 aromatic carbocycles. The predicted octanol–water partition coefficient (Wildman–Crippen LogP) is 3.54. The van der Waals surface area contributed by atoms with Crippen molar-refractivity contribution in [2.75, 3.05) is 5.01 Å². The Hall–Kier alpha value is -5.06. The molecule has 1 fully saturated rings. The van der Waals surface area contributed by atoms with E-state index in [1.165, 1.54) is 42.5 Å². The maximum atomic E-state index is 12.7. The lowest BCUT2D eigenvalue weighted by Gasteiger charge is -2.13. The zero-order valence-corrected chi connectivity index (χ0v) is 17.4. The van der Waals surface area contributed by atoms with Gasteiger partial charge in [-0.1, -0.05) is 36.4 Å². The normalized spacial score (nSPS) is 14.2. The van der Waals surface area contributed by atoms with Crippen LogP contribution in [0.25, 0.3) is 6.08 Å². The number of anilines is 1. The van der Waals surface area contributed by atoms with Gasteiger partial charge in [0.2, 0.25) is 0 Å². The Kier molecular flexibility index (Phi) is 5.99. The summed E-state index contributed by atoms with van der Waals surface area (Å²) in [5, 5.41) is 23.6. The molecule has 0 radical (unpaired) electrons. The average Bonchev–Trinajstić information content (AvgIpc) is 3.12. The summed E-state index contributed by atoms with van der Waals surface area (Å²) in [6, 6.07) is 18.2. The Morgan fingerprint density at radius 3 is 2.38 bits per heavy atom. The SMILES string of the molecule is O=C1NN(c2ccccc2)C(=O)/C1=C\c1ccc(OCc2cccc([N+](=O)[O-])c2)c([N+](=O)[O-])c1. The van der Waals surface area contributed by atoms with Crippen LogP contribution in [0.15, 0.2) is 78.4 Å². The highest BCUT2D eigenvalue weighted by molar-refractivity contribution is 6.31. The van der Waals surface area contributed by atoms with Crippen LogP contribution in [0.5, 0.6) is 5.75 Å². The van der Waals surface area contributed by atoms with Crippen molar-refractivity contribution in [2.24, 2.45) is 0 Å². The molecule has 11 nitrogen and oxygen atoms in total. The highest BCUT2D eigenvalue weighted by atomic mass is 16.6. The number of hydrogen-bond acceptors (Lipinski definition) is 7. The summed E-state index contributed by atoms with van der Waals surface area (Å²) >= 11 is 0. The minimum Gasteiger partial charge on any atom is -0.482 e. The standard InChI is InChI=1S/C23H16N4O7/c28-22-19(23(29)25(24-22)17-6-2-1-3-7-17)12-15-9-10-21(20(13-15)27(32)33)34-14-16-5-4-8-18(11-16)26(30)31/h1-13H,14H2,(H,24,28)/b19-12-. The van der Waals surface area contributed by atoms with Crippen molar-refractivity contribution in [1.29, 1.82) is 0 Å². The highest BCUT2D eigenvalue weighted by Gasteiger charge is 2.34. The number of nitro groups is 2. The fourth-order valence-electron chi connectivity index (χ4n) is 3.29. The summed E-state index contributed by atoms with van der Waals surface area (Å²) in [5.74, 6) is -1.29. The molecule has 0 unspecified atom stereocenters. The third-order valence-electron chi connectivity index (χ3n) is 4.91. The zero-order valence-electron chi connectivity index (χ0n) is 17.4. The lowest BCUT2D eigenvalue weighted by Crippen LogP contribution is -2.35. The van der Waals surface area contributed by atoms with Gasteiger partial charge < -0.3 is 4.74 Å². The number of non-ortho nitro benzene ring substituents is 1. The molecular weight excluding hydrogens is 444 g/mol. The molecule has 2 amide bonds. The van der Waals surface area contributed by atoms with Crippen molar-refractivity contribution < 1.29 is 24.2 Å². The first-order chi connectivity index (χ1) is 16.3. The lowest BCUT2D eigenvalue weighted by molar-refractivity contribution is -0.386. The molecule has 1 aliphatic rings. The molecule has 1 saturated heterocycles. The van der Waals surface area contributed by atoms with Crippen LogP contribution in [0.3, 0.4) is 0 Å². The van der Waals surface area contributed by atoms with Gasteiger partial charge in [-0.25, -0.2) is 5.01 Å². The summed E-state index contributed by atoms with van der Waals surface area (Å²) in [6.07, 6.45) is 1.26. The lowest BCUT2D eigenvalue weighted by atomic mass is 10.1. The molecular formula is C23H16N4O7. The summed E-state index contributed by atoms with van der Waals surface area (Å²) in [7, 11) is 0. The number of carbonyl (C=O) groups excluding carboxylic acids is 2. The molecule has 1 N–H and O–H groups in total. The number of benzene rings is 3. The number of carbonyl (C=O) groups is 2. The highest BCUT2D eigenvalue weighted by Crippen LogP contribution is 2.30. The molecule has 34 heavy (non-hydrogen) atoms. The van der Waals surface area contributed by atoms with Gasteiger partial charge in [-0.15, -0.1) is 0 Å². The average molecular weight is 460 g/mol. The first-order valence-corrected chi connectivity index (χ1v) is 9.90. The molecule has 0 aliphatic carbocycles. The third kappa shape index (κ3) is 4.58. The third-order valence-corrected chi connectivity index (χ3v) is 4.91. The van der Waals surface area contributed by atoms with Gasteiger partial charge in [0.05, 0.1) is 15.5 Å².